The van der Waals surface area contributed by atoms with Gasteiger partial charge in [0, 0.05) is 65.9 Å². The van der Waals surface area contributed by atoms with Gasteiger partial charge in [0.2, 0.25) is 0 Å². The number of nitro groups is 1. The van der Waals surface area contributed by atoms with Crippen molar-refractivity contribution in [1.82, 2.24) is 4.98 Å². The summed E-state index contributed by atoms with van der Waals surface area (Å²) < 4.78 is 65.1. The number of pyridine rings is 1. The van der Waals surface area contributed by atoms with Gasteiger partial charge in [-0.1, -0.05) is 83.9 Å². The minimum atomic E-state index is -4.66. The summed E-state index contributed by atoms with van der Waals surface area (Å²) in [5.74, 6) is -5.71. The molecule has 0 saturated heterocycles. The van der Waals surface area contributed by atoms with Gasteiger partial charge in [0.1, 0.15) is 11.6 Å². The predicted molar refractivity (Wildman–Crippen MR) is 343 cm³/mol. The standard InChI is InChI=1S/C72H51ClF4N5O15/c1-43-3-5-44(6-4-43)64-26-19-58(35-51(64)39-68(84)94-67(83)38-49-33-56(74)17-24-62(49)48-29-31-78-32-30-48)80(90)96-71(87)42-53-37-60(21-28-66(53)47-11-22-61(93-2)23-12-47)82(92)97-70(86)41-52-36-59(20-27-65(52)46-9-15-55(73)16-10-46)81(91)95-69(85)40-50-34-57(79(88)89)18-25-63(50)45-7-13-54(14-8-45)72(75,76)77/h3-37H,38-42H2,1-2H3/q+3. The molecule has 10 aromatic rings. The molecule has 0 radical (unpaired) electrons. The summed E-state index contributed by atoms with van der Waals surface area (Å²) in [6, 6.07) is 46.4. The number of non-ortho nitro benzene ring substituents is 1. The van der Waals surface area contributed by atoms with Gasteiger partial charge >= 0.3 is 53.1 Å². The zero-order valence-electron chi connectivity index (χ0n) is 51.0. The number of ether oxygens (including phenoxy) is 2. The Morgan fingerprint density at radius 3 is 1.15 bits per heavy atom. The number of carbonyl (C=O) groups is 5. The highest BCUT2D eigenvalue weighted by Gasteiger charge is 2.33. The van der Waals surface area contributed by atoms with Crippen LogP contribution in [0.1, 0.15) is 38.9 Å². The van der Waals surface area contributed by atoms with Gasteiger partial charge in [-0.25, -0.2) is 18.8 Å². The average Bonchev–Trinajstić information content (AvgIpc) is 0.946. The number of rotatable bonds is 23. The number of benzene rings is 9. The number of halogens is 5. The minimum Gasteiger partial charge on any atom is -0.497 e. The van der Waals surface area contributed by atoms with Gasteiger partial charge in [-0.2, -0.15) is 13.2 Å². The third-order valence-corrected chi connectivity index (χ3v) is 15.4. The Hall–Kier alpha value is -12.3. The van der Waals surface area contributed by atoms with Crippen molar-refractivity contribution < 1.29 is 85.2 Å². The molecular formula is C72H51ClF4N5O15+3. The van der Waals surface area contributed by atoms with Crippen LogP contribution >= 0.6 is 11.6 Å². The number of alkyl halides is 3. The van der Waals surface area contributed by atoms with Crippen molar-refractivity contribution >= 4 is 64.2 Å². The smallest absolute Gasteiger partial charge is 0.416 e. The fourth-order valence-corrected chi connectivity index (χ4v) is 10.6. The summed E-state index contributed by atoms with van der Waals surface area (Å²) in [5.41, 5.74) is 3.29. The molecule has 20 nitrogen and oxygen atoms in total. The Bertz CT molecular complexity index is 4750. The topological polar surface area (TPSA) is 248 Å². The maximum Gasteiger partial charge on any atom is 0.416 e. The second kappa shape index (κ2) is 29.8. The van der Waals surface area contributed by atoms with E-state index < -0.39 is 90.1 Å². The van der Waals surface area contributed by atoms with E-state index in [1.807, 2.05) is 19.1 Å². The lowest BCUT2D eigenvalue weighted by Crippen LogP contribution is -2.18. The van der Waals surface area contributed by atoms with Crippen LogP contribution in [0.3, 0.4) is 0 Å². The SMILES string of the molecule is COc1ccc(-c2ccc([N+](=O)OC(=O)Cc3cc([N+](=O)OC(=O)Cc4cc([N+](=O)[O-])ccc4-c4ccc(C(F)(F)F)cc4)ccc3-c3ccc(Cl)cc3)cc2CC(=O)O[N+](=O)c2ccc(-c3ccc(C)cc3)c(CC(=O)OC(=O)Cc3cc(F)ccc3-c3ccncc3)c2)cc1. The van der Waals surface area contributed by atoms with Gasteiger partial charge in [0.05, 0.1) is 64.4 Å². The largest absolute Gasteiger partial charge is 0.497 e. The van der Waals surface area contributed by atoms with Gasteiger partial charge in [0.25, 0.3) is 20.5 Å². The van der Waals surface area contributed by atoms with E-state index in [9.17, 15) is 66.4 Å². The summed E-state index contributed by atoms with van der Waals surface area (Å²) in [6.45, 7) is 1.87. The molecule has 0 unspecified atom stereocenters. The second-order valence-electron chi connectivity index (χ2n) is 21.7. The molecule has 0 saturated carbocycles. The van der Waals surface area contributed by atoms with Crippen LogP contribution in [-0.2, 0) is 81.5 Å². The zero-order chi connectivity index (χ0) is 69.1. The van der Waals surface area contributed by atoms with E-state index in [0.717, 1.165) is 48.0 Å². The number of methoxy groups -OCH3 is 1. The lowest BCUT2D eigenvalue weighted by atomic mass is 9.96. The van der Waals surface area contributed by atoms with Gasteiger partial charge in [-0.05, 0) is 175 Å². The molecular weight excluding hydrogens is 1290 g/mol. The molecule has 0 aliphatic heterocycles. The molecule has 0 amide bonds. The monoisotopic (exact) mass is 1340 g/mol. The summed E-state index contributed by atoms with van der Waals surface area (Å²) in [4.78, 5) is 140. The fourth-order valence-electron chi connectivity index (χ4n) is 10.5. The highest BCUT2D eigenvalue weighted by atomic mass is 35.5. The van der Waals surface area contributed by atoms with Crippen LogP contribution in [0, 0.1) is 37.6 Å². The molecule has 0 fully saturated rings. The Morgan fingerprint density at radius 2 is 0.763 bits per heavy atom. The Balaban J connectivity index is 0.857. The zero-order valence-corrected chi connectivity index (χ0v) is 51.7. The van der Waals surface area contributed by atoms with E-state index in [2.05, 4.69) is 4.98 Å². The van der Waals surface area contributed by atoms with E-state index >= 15 is 0 Å². The van der Waals surface area contributed by atoms with Crippen LogP contribution in [0.25, 0.3) is 55.6 Å². The minimum absolute atomic E-state index is 0.0552. The van der Waals surface area contributed by atoms with Crippen molar-refractivity contribution in [3.63, 3.8) is 0 Å². The Morgan fingerprint density at radius 1 is 0.433 bits per heavy atom. The molecule has 9 aromatic carbocycles. The van der Waals surface area contributed by atoms with Crippen molar-refractivity contribution in [2.24, 2.45) is 0 Å². The van der Waals surface area contributed by atoms with Crippen LogP contribution in [0.2, 0.25) is 5.02 Å². The van der Waals surface area contributed by atoms with Crippen molar-refractivity contribution in [3.05, 3.63) is 287 Å². The number of aromatic nitrogens is 1. The molecule has 0 N–H and O–H groups in total. The maximum atomic E-state index is 14.5. The van der Waals surface area contributed by atoms with E-state index in [-0.39, 0.29) is 70.8 Å². The number of aryl methyl sites for hydroxylation is 1. The van der Waals surface area contributed by atoms with Crippen molar-refractivity contribution in [2.45, 2.75) is 45.2 Å². The van der Waals surface area contributed by atoms with Gasteiger partial charge in [-0.15, -0.1) is 14.5 Å². The molecule has 10 rings (SSSR count). The highest BCUT2D eigenvalue weighted by Crippen LogP contribution is 2.37. The van der Waals surface area contributed by atoms with Crippen LogP contribution < -0.4 is 4.74 Å². The van der Waals surface area contributed by atoms with Gasteiger partial charge in [-0.3, -0.25) is 24.7 Å². The van der Waals surface area contributed by atoms with E-state index in [4.69, 9.17) is 35.6 Å². The van der Waals surface area contributed by atoms with Crippen molar-refractivity contribution in [3.8, 4) is 61.4 Å². The summed E-state index contributed by atoms with van der Waals surface area (Å²) >= 11 is 6.18. The number of esters is 2. The first-order chi connectivity index (χ1) is 46.4. The molecule has 97 heavy (non-hydrogen) atoms. The van der Waals surface area contributed by atoms with Crippen LogP contribution in [-0.4, -0.2) is 61.6 Å². The number of hydrogen-bond acceptors (Lipinski definition) is 16. The molecule has 0 bridgehead atoms. The van der Waals surface area contributed by atoms with E-state index in [1.54, 1.807) is 72.8 Å². The molecule has 0 aliphatic carbocycles. The van der Waals surface area contributed by atoms with Crippen molar-refractivity contribution in [1.29, 1.82) is 0 Å². The third-order valence-electron chi connectivity index (χ3n) is 15.2. The molecule has 25 heteroatoms. The van der Waals surface area contributed by atoms with Gasteiger partial charge in [0.15, 0.2) is 0 Å². The number of nitro benzene ring substituents is 1. The first-order valence-electron chi connectivity index (χ1n) is 29.2. The van der Waals surface area contributed by atoms with Crippen LogP contribution in [0.15, 0.2) is 213 Å². The maximum absolute atomic E-state index is 14.5. The first-order valence-corrected chi connectivity index (χ1v) is 29.6. The fraction of sp³-hybridized carbons (Fsp3) is 0.111. The molecule has 0 aliphatic rings. The molecule has 486 valence electrons. The first kappa shape index (κ1) is 67.6. The predicted octanol–water partition coefficient (Wildman–Crippen LogP) is 15.6. The molecule has 0 spiro atoms. The summed E-state index contributed by atoms with van der Waals surface area (Å²) in [5, 5.41) is 12.1. The Kier molecular flexibility index (Phi) is 20.7. The van der Waals surface area contributed by atoms with E-state index in [1.165, 1.54) is 92.3 Å². The number of nitrogens with zero attached hydrogens (tertiary/aromatic N) is 5. The lowest BCUT2D eigenvalue weighted by molar-refractivity contribution is -0.717. The summed E-state index contributed by atoms with van der Waals surface area (Å²) in [7, 11) is 1.46. The van der Waals surface area contributed by atoms with Gasteiger partial charge < -0.3 is 9.47 Å². The third kappa shape index (κ3) is 17.1. The van der Waals surface area contributed by atoms with E-state index in [0.29, 0.717) is 55.3 Å². The number of hydrogen-bond donors (Lipinski definition) is 0. The highest BCUT2D eigenvalue weighted by molar-refractivity contribution is 6.30. The van der Waals surface area contributed by atoms with Crippen LogP contribution in [0.4, 0.5) is 40.3 Å². The summed E-state index contributed by atoms with van der Waals surface area (Å²) in [6.07, 6.45) is -4.78. The van der Waals surface area contributed by atoms with Crippen LogP contribution in [0.5, 0.6) is 5.75 Å². The quantitative estimate of drug-likeness (QED) is 0.0190. The lowest BCUT2D eigenvalue weighted by Gasteiger charge is -2.11. The Labute approximate surface area is 552 Å². The molecule has 1 aromatic heterocycles. The molecule has 1 heterocycles. The van der Waals surface area contributed by atoms with Crippen molar-refractivity contribution in [2.75, 3.05) is 7.11 Å². The second-order valence-corrected chi connectivity index (χ2v) is 22.2. The molecule has 0 atom stereocenters. The average molecular weight is 1340 g/mol. The number of carbonyl (C=O) groups excluding carboxylic acids is 5. The normalized spacial score (nSPS) is 11.0.